The van der Waals surface area contributed by atoms with Crippen LogP contribution in [0.2, 0.25) is 10.0 Å². The third-order valence-corrected chi connectivity index (χ3v) is 5.68. The number of hydrogen-bond acceptors (Lipinski definition) is 6. The molecular weight excluding hydrogens is 505 g/mol. The number of Topliss-reactive ketones (excluding diaryl/α,β-unsaturated/α-hetero) is 1. The molecule has 180 valence electrons. The van der Waals surface area contributed by atoms with E-state index in [0.717, 1.165) is 0 Å². The lowest BCUT2D eigenvalue weighted by atomic mass is 9.99. The van der Waals surface area contributed by atoms with Crippen molar-refractivity contribution in [1.82, 2.24) is 0 Å². The van der Waals surface area contributed by atoms with Gasteiger partial charge in [0.1, 0.15) is 5.75 Å². The number of nitro benzene ring substituents is 1. The molecule has 4 aromatic rings. The van der Waals surface area contributed by atoms with Crippen molar-refractivity contribution in [3.8, 4) is 11.5 Å². The highest BCUT2D eigenvalue weighted by Crippen LogP contribution is 2.38. The summed E-state index contributed by atoms with van der Waals surface area (Å²) in [6.45, 7) is 0. The molecule has 0 aliphatic carbocycles. The van der Waals surface area contributed by atoms with Gasteiger partial charge in [-0.15, -0.1) is 0 Å². The molecule has 0 N–H and O–H groups in total. The van der Waals surface area contributed by atoms with Crippen LogP contribution in [0.15, 0.2) is 97.1 Å². The first-order valence-corrected chi connectivity index (χ1v) is 11.4. The third kappa shape index (κ3) is 5.71. The smallest absolute Gasteiger partial charge is 0.339 e. The van der Waals surface area contributed by atoms with E-state index in [2.05, 4.69) is 0 Å². The van der Waals surface area contributed by atoms with Gasteiger partial charge in [-0.1, -0.05) is 77.8 Å². The van der Waals surface area contributed by atoms with Gasteiger partial charge in [0.15, 0.2) is 6.10 Å². The molecule has 0 fully saturated rings. The molecular formula is C27H17Cl2NO6. The van der Waals surface area contributed by atoms with Crippen LogP contribution in [0, 0.1) is 10.1 Å². The number of benzene rings is 4. The second-order valence-electron chi connectivity index (χ2n) is 7.54. The molecule has 4 aromatic carbocycles. The number of hydrogen-bond donors (Lipinski definition) is 0. The maximum Gasteiger partial charge on any atom is 0.339 e. The fourth-order valence-corrected chi connectivity index (χ4v) is 3.72. The van der Waals surface area contributed by atoms with Crippen LogP contribution in [0.4, 0.5) is 5.69 Å². The highest BCUT2D eigenvalue weighted by Gasteiger charge is 2.27. The molecule has 0 spiro atoms. The number of rotatable bonds is 8. The van der Waals surface area contributed by atoms with Crippen molar-refractivity contribution < 1.29 is 24.0 Å². The molecule has 0 bridgehead atoms. The van der Waals surface area contributed by atoms with E-state index in [1.165, 1.54) is 42.5 Å². The lowest BCUT2D eigenvalue weighted by molar-refractivity contribution is -0.385. The number of para-hydroxylation sites is 1. The Labute approximate surface area is 216 Å². The monoisotopic (exact) mass is 521 g/mol. The lowest BCUT2D eigenvalue weighted by Crippen LogP contribution is -2.20. The van der Waals surface area contributed by atoms with Crippen molar-refractivity contribution in [1.29, 1.82) is 0 Å². The van der Waals surface area contributed by atoms with Crippen LogP contribution in [0.1, 0.15) is 32.4 Å². The molecule has 0 heterocycles. The zero-order valence-electron chi connectivity index (χ0n) is 18.5. The number of nitro groups is 1. The topological polar surface area (TPSA) is 95.7 Å². The van der Waals surface area contributed by atoms with Crippen LogP contribution in [0.25, 0.3) is 0 Å². The van der Waals surface area contributed by atoms with E-state index in [9.17, 15) is 19.7 Å². The van der Waals surface area contributed by atoms with Crippen molar-refractivity contribution in [2.75, 3.05) is 0 Å². The number of ether oxygens (including phenoxy) is 2. The van der Waals surface area contributed by atoms with Crippen LogP contribution in [0.5, 0.6) is 11.5 Å². The summed E-state index contributed by atoms with van der Waals surface area (Å²) >= 11 is 12.1. The molecule has 7 nitrogen and oxygen atoms in total. The molecule has 0 unspecified atom stereocenters. The lowest BCUT2D eigenvalue weighted by Gasteiger charge is -2.18. The maximum atomic E-state index is 13.2. The van der Waals surface area contributed by atoms with Gasteiger partial charge in [-0.2, -0.15) is 0 Å². The van der Waals surface area contributed by atoms with Crippen molar-refractivity contribution in [3.63, 3.8) is 0 Å². The van der Waals surface area contributed by atoms with Crippen molar-refractivity contribution in [2.45, 2.75) is 6.10 Å². The van der Waals surface area contributed by atoms with Crippen LogP contribution < -0.4 is 4.74 Å². The summed E-state index contributed by atoms with van der Waals surface area (Å²) in [5.74, 6) is -1.24. The minimum atomic E-state index is -1.23. The number of esters is 1. The largest absolute Gasteiger partial charge is 0.449 e. The summed E-state index contributed by atoms with van der Waals surface area (Å²) in [4.78, 5) is 37.0. The highest BCUT2D eigenvalue weighted by molar-refractivity contribution is 6.32. The highest BCUT2D eigenvalue weighted by atomic mass is 35.5. The number of halogens is 2. The molecule has 0 aromatic heterocycles. The zero-order valence-corrected chi connectivity index (χ0v) is 20.0. The number of ketones is 1. The van der Waals surface area contributed by atoms with Gasteiger partial charge in [0.2, 0.25) is 11.5 Å². The van der Waals surface area contributed by atoms with E-state index in [0.29, 0.717) is 16.1 Å². The number of carbonyl (C=O) groups excluding carboxylic acids is 2. The van der Waals surface area contributed by atoms with Crippen LogP contribution >= 0.6 is 23.2 Å². The van der Waals surface area contributed by atoms with Gasteiger partial charge in [0.25, 0.3) is 0 Å². The summed E-state index contributed by atoms with van der Waals surface area (Å²) in [5, 5.41) is 11.9. The molecule has 4 rings (SSSR count). The molecule has 1 atom stereocenters. The Hall–Kier alpha value is -4.20. The fourth-order valence-electron chi connectivity index (χ4n) is 3.39. The average Bonchev–Trinajstić information content (AvgIpc) is 2.89. The Morgan fingerprint density at radius 2 is 1.47 bits per heavy atom. The fraction of sp³-hybridized carbons (Fsp3) is 0.0370. The predicted molar refractivity (Wildman–Crippen MR) is 135 cm³/mol. The Morgan fingerprint density at radius 1 is 0.806 bits per heavy atom. The molecule has 36 heavy (non-hydrogen) atoms. The third-order valence-electron chi connectivity index (χ3n) is 5.13. The van der Waals surface area contributed by atoms with E-state index < -0.39 is 22.8 Å². The first-order valence-electron chi connectivity index (χ1n) is 10.6. The van der Waals surface area contributed by atoms with Gasteiger partial charge in [-0.05, 0) is 36.4 Å². The van der Waals surface area contributed by atoms with Crippen LogP contribution in [0.3, 0.4) is 0 Å². The summed E-state index contributed by atoms with van der Waals surface area (Å²) in [6.07, 6.45) is -1.23. The molecule has 0 amide bonds. The summed E-state index contributed by atoms with van der Waals surface area (Å²) in [5.41, 5.74) is 0.558. The second-order valence-corrected chi connectivity index (χ2v) is 8.39. The first kappa shape index (κ1) is 24.9. The number of nitrogens with zero attached hydrogens (tertiary/aromatic N) is 1. The summed E-state index contributed by atoms with van der Waals surface area (Å²) < 4.78 is 11.3. The van der Waals surface area contributed by atoms with Crippen molar-refractivity contribution in [3.05, 3.63) is 134 Å². The minimum absolute atomic E-state index is 0.0356. The van der Waals surface area contributed by atoms with Gasteiger partial charge in [-0.3, -0.25) is 14.9 Å². The Bertz CT molecular complexity index is 1420. The van der Waals surface area contributed by atoms with E-state index in [1.54, 1.807) is 54.6 Å². The van der Waals surface area contributed by atoms with Gasteiger partial charge >= 0.3 is 11.7 Å². The van der Waals surface area contributed by atoms with E-state index in [1.807, 2.05) is 0 Å². The van der Waals surface area contributed by atoms with Gasteiger partial charge in [0, 0.05) is 22.2 Å². The van der Waals surface area contributed by atoms with E-state index >= 15 is 0 Å². The Balaban J connectivity index is 1.62. The molecule has 9 heteroatoms. The van der Waals surface area contributed by atoms with Crippen molar-refractivity contribution in [2.24, 2.45) is 0 Å². The standard InChI is InChI=1S/C27H17Cl2NO6/c28-20-14-12-18(13-15-20)25(24(31)17-6-2-1-3-7-17)36-27(32)19-8-4-9-21(16-19)35-26-22(29)10-5-11-23(26)30(33)34/h1-16,25H/t25-/m1/s1. The predicted octanol–water partition coefficient (Wildman–Crippen LogP) is 7.47. The van der Waals surface area contributed by atoms with Crippen LogP contribution in [-0.2, 0) is 4.74 Å². The van der Waals surface area contributed by atoms with Gasteiger partial charge in [-0.25, -0.2) is 4.79 Å². The van der Waals surface area contributed by atoms with Gasteiger partial charge in [0.05, 0.1) is 15.5 Å². The molecule has 0 aliphatic rings. The molecule has 0 aliphatic heterocycles. The summed E-state index contributed by atoms with van der Waals surface area (Å²) in [7, 11) is 0. The summed E-state index contributed by atoms with van der Waals surface area (Å²) in [6, 6.07) is 24.9. The second kappa shape index (κ2) is 11.0. The maximum absolute atomic E-state index is 13.2. The quantitative estimate of drug-likeness (QED) is 0.103. The normalized spacial score (nSPS) is 11.4. The number of carbonyl (C=O) groups is 2. The average molecular weight is 522 g/mol. The zero-order chi connectivity index (χ0) is 25.7. The molecule has 0 saturated carbocycles. The Kier molecular flexibility index (Phi) is 7.63. The van der Waals surface area contributed by atoms with Gasteiger partial charge < -0.3 is 9.47 Å². The van der Waals surface area contributed by atoms with Crippen molar-refractivity contribution >= 4 is 40.6 Å². The first-order chi connectivity index (χ1) is 17.3. The molecule has 0 radical (unpaired) electrons. The SMILES string of the molecule is O=C(O[C@@H](C(=O)c1ccccc1)c1ccc(Cl)cc1)c1cccc(Oc2c(Cl)cccc2[N+](=O)[O-])c1. The van der Waals surface area contributed by atoms with E-state index in [-0.39, 0.29) is 27.8 Å². The van der Waals surface area contributed by atoms with Crippen LogP contribution in [-0.4, -0.2) is 16.7 Å². The Morgan fingerprint density at radius 3 is 2.17 bits per heavy atom. The minimum Gasteiger partial charge on any atom is -0.449 e. The molecule has 0 saturated heterocycles. The van der Waals surface area contributed by atoms with E-state index in [4.69, 9.17) is 32.7 Å².